The average Bonchev–Trinajstić information content (AvgIpc) is 2.53. The van der Waals surface area contributed by atoms with Crippen LogP contribution in [-0.4, -0.2) is 30.3 Å². The minimum absolute atomic E-state index is 0.0607. The summed E-state index contributed by atoms with van der Waals surface area (Å²) in [7, 11) is 0. The van der Waals surface area contributed by atoms with Crippen molar-refractivity contribution in [2.75, 3.05) is 19.6 Å². The van der Waals surface area contributed by atoms with Gasteiger partial charge in [0.2, 0.25) is 0 Å². The van der Waals surface area contributed by atoms with Crippen LogP contribution in [0.3, 0.4) is 0 Å². The standard InChI is InChI=1S/C15H27NO/c1-15(2)9-7-8-13(14(15)17)12-16-10-5-3-4-6-11-16/h13H,3-12H2,1-2H3. The highest BCUT2D eigenvalue weighted by Crippen LogP contribution is 2.35. The van der Waals surface area contributed by atoms with Crippen molar-refractivity contribution in [3.63, 3.8) is 0 Å². The van der Waals surface area contributed by atoms with E-state index in [0.717, 1.165) is 19.4 Å². The molecule has 2 fully saturated rings. The SMILES string of the molecule is CC1(C)CCCC(CN2CCCCCC2)C1=O. The van der Waals surface area contributed by atoms with Gasteiger partial charge in [-0.05, 0) is 38.8 Å². The zero-order valence-electron chi connectivity index (χ0n) is 11.5. The summed E-state index contributed by atoms with van der Waals surface area (Å²) in [5.41, 5.74) is -0.0607. The maximum atomic E-state index is 12.4. The van der Waals surface area contributed by atoms with Crippen molar-refractivity contribution in [2.45, 2.75) is 58.8 Å². The number of rotatable bonds is 2. The van der Waals surface area contributed by atoms with Crippen molar-refractivity contribution in [3.05, 3.63) is 0 Å². The zero-order valence-corrected chi connectivity index (χ0v) is 11.5. The van der Waals surface area contributed by atoms with Crippen LogP contribution in [0.25, 0.3) is 0 Å². The van der Waals surface area contributed by atoms with Crippen molar-refractivity contribution >= 4 is 5.78 Å². The van der Waals surface area contributed by atoms with E-state index in [1.807, 2.05) is 0 Å². The Morgan fingerprint density at radius 2 is 1.76 bits per heavy atom. The molecule has 0 N–H and O–H groups in total. The van der Waals surface area contributed by atoms with Crippen molar-refractivity contribution in [2.24, 2.45) is 11.3 Å². The molecular formula is C15H27NO. The lowest BCUT2D eigenvalue weighted by Gasteiger charge is -2.36. The van der Waals surface area contributed by atoms with E-state index < -0.39 is 0 Å². The topological polar surface area (TPSA) is 20.3 Å². The molecule has 1 atom stereocenters. The molecule has 0 radical (unpaired) electrons. The summed E-state index contributed by atoms with van der Waals surface area (Å²) in [6.45, 7) is 7.71. The van der Waals surface area contributed by atoms with Crippen molar-refractivity contribution in [1.29, 1.82) is 0 Å². The maximum Gasteiger partial charge on any atom is 0.142 e. The van der Waals surface area contributed by atoms with E-state index in [1.54, 1.807) is 0 Å². The Labute approximate surface area is 106 Å². The first kappa shape index (κ1) is 13.1. The number of ketones is 1. The summed E-state index contributed by atoms with van der Waals surface area (Å²) in [4.78, 5) is 14.9. The van der Waals surface area contributed by atoms with Gasteiger partial charge in [0.25, 0.3) is 0 Å². The van der Waals surface area contributed by atoms with Gasteiger partial charge in [0, 0.05) is 17.9 Å². The van der Waals surface area contributed by atoms with E-state index in [-0.39, 0.29) is 5.41 Å². The quantitative estimate of drug-likeness (QED) is 0.734. The number of Topliss-reactive ketones (excluding diaryl/α,β-unsaturated/α-hetero) is 1. The zero-order chi connectivity index (χ0) is 12.3. The van der Waals surface area contributed by atoms with Crippen LogP contribution < -0.4 is 0 Å². The first-order valence-corrected chi connectivity index (χ1v) is 7.36. The third-order valence-corrected chi connectivity index (χ3v) is 4.57. The third kappa shape index (κ3) is 3.31. The third-order valence-electron chi connectivity index (χ3n) is 4.57. The Balaban J connectivity index is 1.91. The van der Waals surface area contributed by atoms with Gasteiger partial charge in [-0.2, -0.15) is 0 Å². The molecule has 1 saturated heterocycles. The summed E-state index contributed by atoms with van der Waals surface area (Å²) in [5.74, 6) is 0.838. The molecule has 0 aromatic carbocycles. The molecule has 0 amide bonds. The van der Waals surface area contributed by atoms with Crippen LogP contribution in [-0.2, 0) is 4.79 Å². The highest BCUT2D eigenvalue weighted by atomic mass is 16.1. The van der Waals surface area contributed by atoms with Gasteiger partial charge < -0.3 is 4.90 Å². The van der Waals surface area contributed by atoms with Crippen LogP contribution in [0.15, 0.2) is 0 Å². The Morgan fingerprint density at radius 3 is 2.41 bits per heavy atom. The molecule has 1 aliphatic carbocycles. The van der Waals surface area contributed by atoms with Crippen LogP contribution in [0, 0.1) is 11.3 Å². The molecule has 0 aromatic rings. The largest absolute Gasteiger partial charge is 0.303 e. The lowest BCUT2D eigenvalue weighted by Crippen LogP contribution is -2.42. The van der Waals surface area contributed by atoms with Crippen molar-refractivity contribution in [1.82, 2.24) is 4.90 Å². The number of carbonyl (C=O) groups is 1. The fourth-order valence-electron chi connectivity index (χ4n) is 3.40. The fraction of sp³-hybridized carbons (Fsp3) is 0.933. The molecule has 2 nitrogen and oxygen atoms in total. The maximum absolute atomic E-state index is 12.4. The minimum atomic E-state index is -0.0607. The molecule has 1 aliphatic heterocycles. The Bertz CT molecular complexity index is 264. The summed E-state index contributed by atoms with van der Waals surface area (Å²) in [6.07, 6.45) is 8.84. The molecule has 2 aliphatic rings. The van der Waals surface area contributed by atoms with Gasteiger partial charge in [-0.3, -0.25) is 4.79 Å². The molecule has 17 heavy (non-hydrogen) atoms. The first-order chi connectivity index (χ1) is 8.09. The molecule has 2 rings (SSSR count). The lowest BCUT2D eigenvalue weighted by atomic mass is 9.71. The molecule has 98 valence electrons. The molecule has 0 spiro atoms. The van der Waals surface area contributed by atoms with Gasteiger partial charge in [-0.25, -0.2) is 0 Å². The van der Waals surface area contributed by atoms with E-state index in [9.17, 15) is 4.79 Å². The van der Waals surface area contributed by atoms with Crippen molar-refractivity contribution in [3.8, 4) is 0 Å². The molecule has 1 unspecified atom stereocenters. The second kappa shape index (κ2) is 5.51. The molecule has 2 heteroatoms. The molecule has 1 saturated carbocycles. The second-order valence-electron chi connectivity index (χ2n) is 6.55. The number of nitrogens with zero attached hydrogens (tertiary/aromatic N) is 1. The van der Waals surface area contributed by atoms with Crippen LogP contribution in [0.5, 0.6) is 0 Å². The van der Waals surface area contributed by atoms with Crippen LogP contribution in [0.2, 0.25) is 0 Å². The van der Waals surface area contributed by atoms with E-state index in [0.29, 0.717) is 11.7 Å². The fourth-order valence-corrected chi connectivity index (χ4v) is 3.40. The van der Waals surface area contributed by atoms with Crippen LogP contribution in [0.1, 0.15) is 58.8 Å². The summed E-state index contributed by atoms with van der Waals surface area (Å²) >= 11 is 0. The van der Waals surface area contributed by atoms with Gasteiger partial charge in [-0.15, -0.1) is 0 Å². The van der Waals surface area contributed by atoms with E-state index in [2.05, 4.69) is 18.7 Å². The number of carbonyl (C=O) groups excluding carboxylic acids is 1. The smallest absolute Gasteiger partial charge is 0.142 e. The highest BCUT2D eigenvalue weighted by Gasteiger charge is 2.37. The second-order valence-corrected chi connectivity index (χ2v) is 6.55. The normalized spacial score (nSPS) is 31.2. The Kier molecular flexibility index (Phi) is 4.24. The predicted octanol–water partition coefficient (Wildman–Crippen LogP) is 3.26. The summed E-state index contributed by atoms with van der Waals surface area (Å²) in [6, 6.07) is 0. The van der Waals surface area contributed by atoms with Crippen LogP contribution >= 0.6 is 0 Å². The van der Waals surface area contributed by atoms with Gasteiger partial charge >= 0.3 is 0 Å². The number of hydrogen-bond donors (Lipinski definition) is 0. The summed E-state index contributed by atoms with van der Waals surface area (Å²) in [5, 5.41) is 0. The molecule has 0 aromatic heterocycles. The van der Waals surface area contributed by atoms with Gasteiger partial charge in [-0.1, -0.05) is 33.1 Å². The highest BCUT2D eigenvalue weighted by molar-refractivity contribution is 5.87. The van der Waals surface area contributed by atoms with Crippen molar-refractivity contribution < 1.29 is 4.79 Å². The van der Waals surface area contributed by atoms with Crippen LogP contribution in [0.4, 0.5) is 0 Å². The van der Waals surface area contributed by atoms with Gasteiger partial charge in [0.05, 0.1) is 0 Å². The van der Waals surface area contributed by atoms with E-state index in [4.69, 9.17) is 0 Å². The predicted molar refractivity (Wildman–Crippen MR) is 71.0 cm³/mol. The van der Waals surface area contributed by atoms with Gasteiger partial charge in [0.15, 0.2) is 0 Å². The van der Waals surface area contributed by atoms with E-state index >= 15 is 0 Å². The molecule has 1 heterocycles. The summed E-state index contributed by atoms with van der Waals surface area (Å²) < 4.78 is 0. The van der Waals surface area contributed by atoms with Gasteiger partial charge in [0.1, 0.15) is 5.78 Å². The van der Waals surface area contributed by atoms with E-state index in [1.165, 1.54) is 45.2 Å². The Hall–Kier alpha value is -0.370. The number of likely N-dealkylation sites (tertiary alicyclic amines) is 1. The minimum Gasteiger partial charge on any atom is -0.303 e. The lowest BCUT2D eigenvalue weighted by molar-refractivity contribution is -0.135. The molecule has 0 bridgehead atoms. The Morgan fingerprint density at radius 1 is 1.12 bits per heavy atom. The first-order valence-electron chi connectivity index (χ1n) is 7.36. The average molecular weight is 237 g/mol. The number of hydrogen-bond acceptors (Lipinski definition) is 2. The monoisotopic (exact) mass is 237 g/mol. The molecular weight excluding hydrogens is 210 g/mol.